The molecule has 0 amide bonds. The van der Waals surface area contributed by atoms with E-state index in [9.17, 15) is 14.4 Å². The van der Waals surface area contributed by atoms with E-state index in [1.54, 1.807) is 0 Å². The van der Waals surface area contributed by atoms with Gasteiger partial charge < -0.3 is 14.2 Å². The van der Waals surface area contributed by atoms with Crippen LogP contribution >= 0.6 is 0 Å². The number of ether oxygens (including phenoxy) is 3. The van der Waals surface area contributed by atoms with Crippen molar-refractivity contribution < 1.29 is 28.6 Å². The second kappa shape index (κ2) is 52.3. The number of unbranched alkanes of at least 4 members (excludes halogenated alkanes) is 33. The molecule has 0 aromatic rings. The summed E-state index contributed by atoms with van der Waals surface area (Å²) in [7, 11) is 0. The largest absolute Gasteiger partial charge is 0.462 e. The summed E-state index contributed by atoms with van der Waals surface area (Å²) in [5.41, 5.74) is 0. The van der Waals surface area contributed by atoms with Crippen molar-refractivity contribution in [2.45, 2.75) is 297 Å². The molecule has 0 aliphatic carbocycles. The summed E-state index contributed by atoms with van der Waals surface area (Å²) in [6.07, 6.45) is 61.3. The van der Waals surface area contributed by atoms with Gasteiger partial charge in [0.1, 0.15) is 13.2 Å². The van der Waals surface area contributed by atoms with Crippen molar-refractivity contribution in [3.05, 3.63) is 36.5 Å². The van der Waals surface area contributed by atoms with Gasteiger partial charge in [-0.2, -0.15) is 0 Å². The molecule has 0 heterocycles. The summed E-state index contributed by atoms with van der Waals surface area (Å²) in [6.45, 7) is 6.61. The highest BCUT2D eigenvalue weighted by molar-refractivity contribution is 5.71. The zero-order chi connectivity index (χ0) is 45.8. The summed E-state index contributed by atoms with van der Waals surface area (Å²) < 4.78 is 16.8. The van der Waals surface area contributed by atoms with E-state index in [2.05, 4.69) is 57.2 Å². The van der Waals surface area contributed by atoms with E-state index >= 15 is 0 Å². The van der Waals surface area contributed by atoms with Crippen molar-refractivity contribution in [2.75, 3.05) is 13.2 Å². The molecule has 368 valence electrons. The molecule has 0 aliphatic rings. The van der Waals surface area contributed by atoms with Gasteiger partial charge in [-0.3, -0.25) is 14.4 Å². The summed E-state index contributed by atoms with van der Waals surface area (Å²) in [6, 6.07) is 0. The SMILES string of the molecule is CCCC/C=C\C/C=C\CCCCCCCC(=O)OC(COC(=O)CCCCCCCCCCC/C=C\CCCCCCCC)COC(=O)CCCCCCCCCCCCCC. The van der Waals surface area contributed by atoms with Gasteiger partial charge >= 0.3 is 17.9 Å². The minimum absolute atomic E-state index is 0.0753. The molecule has 0 saturated heterocycles. The van der Waals surface area contributed by atoms with Crippen molar-refractivity contribution in [3.8, 4) is 0 Å². The number of carbonyl (C=O) groups is 3. The predicted octanol–water partition coefficient (Wildman–Crippen LogP) is 18.1. The standard InChI is InChI=1S/C57H104O6/c1-4-7-10-13-16-19-22-25-27-28-29-30-31-33-35-38-41-44-47-50-56(59)62-53-54(52-61-55(58)49-46-43-40-37-34-24-21-18-15-12-9-6-3)63-57(60)51-48-45-42-39-36-32-26-23-20-17-14-11-8-5-2/h14,17,23,25-27,54H,4-13,15-16,18-22,24,28-53H2,1-3H3/b17-14-,26-23-,27-25-. The fourth-order valence-electron chi connectivity index (χ4n) is 7.93. The Balaban J connectivity index is 4.32. The molecule has 63 heavy (non-hydrogen) atoms. The Morgan fingerprint density at radius 3 is 0.937 bits per heavy atom. The van der Waals surface area contributed by atoms with Crippen molar-refractivity contribution in [1.82, 2.24) is 0 Å². The first-order valence-electron chi connectivity index (χ1n) is 27.5. The van der Waals surface area contributed by atoms with Crippen molar-refractivity contribution in [2.24, 2.45) is 0 Å². The Kier molecular flexibility index (Phi) is 50.3. The van der Waals surface area contributed by atoms with Gasteiger partial charge in [0, 0.05) is 19.3 Å². The van der Waals surface area contributed by atoms with Gasteiger partial charge in [-0.25, -0.2) is 0 Å². The van der Waals surface area contributed by atoms with Crippen LogP contribution in [0.3, 0.4) is 0 Å². The second-order valence-electron chi connectivity index (χ2n) is 18.5. The van der Waals surface area contributed by atoms with Crippen molar-refractivity contribution in [1.29, 1.82) is 0 Å². The maximum Gasteiger partial charge on any atom is 0.306 e. The summed E-state index contributed by atoms with van der Waals surface area (Å²) >= 11 is 0. The Bertz CT molecular complexity index is 1060. The lowest BCUT2D eigenvalue weighted by Gasteiger charge is -2.18. The molecule has 6 nitrogen and oxygen atoms in total. The molecule has 6 heteroatoms. The molecule has 0 aromatic carbocycles. The van der Waals surface area contributed by atoms with Crippen LogP contribution in [0.25, 0.3) is 0 Å². The van der Waals surface area contributed by atoms with Crippen LogP contribution in [-0.2, 0) is 28.6 Å². The Labute approximate surface area is 391 Å². The van der Waals surface area contributed by atoms with Crippen LogP contribution < -0.4 is 0 Å². The quantitative estimate of drug-likeness (QED) is 0.0262. The molecule has 0 radical (unpaired) electrons. The van der Waals surface area contributed by atoms with E-state index in [1.807, 2.05) is 0 Å². The zero-order valence-electron chi connectivity index (χ0n) is 42.1. The maximum atomic E-state index is 12.8. The Morgan fingerprint density at radius 2 is 0.587 bits per heavy atom. The highest BCUT2D eigenvalue weighted by atomic mass is 16.6. The molecule has 0 saturated carbocycles. The van der Waals surface area contributed by atoms with Crippen LogP contribution in [0.4, 0.5) is 0 Å². The van der Waals surface area contributed by atoms with Gasteiger partial charge in [0.15, 0.2) is 6.10 Å². The van der Waals surface area contributed by atoms with Crippen LogP contribution in [0.2, 0.25) is 0 Å². The molecule has 0 aromatic heterocycles. The topological polar surface area (TPSA) is 78.9 Å². The van der Waals surface area contributed by atoms with Gasteiger partial charge in [-0.15, -0.1) is 0 Å². The first kappa shape index (κ1) is 60.6. The maximum absolute atomic E-state index is 12.8. The molecular formula is C57H104O6. The summed E-state index contributed by atoms with van der Waals surface area (Å²) in [5, 5.41) is 0. The molecule has 1 atom stereocenters. The zero-order valence-corrected chi connectivity index (χ0v) is 42.1. The molecular weight excluding hydrogens is 781 g/mol. The second-order valence-corrected chi connectivity index (χ2v) is 18.5. The number of carbonyl (C=O) groups excluding carboxylic acids is 3. The molecule has 0 fully saturated rings. The molecule has 1 unspecified atom stereocenters. The lowest BCUT2D eigenvalue weighted by atomic mass is 10.0. The fraction of sp³-hybridized carbons (Fsp3) is 0.842. The summed E-state index contributed by atoms with van der Waals surface area (Å²) in [5.74, 6) is -0.879. The van der Waals surface area contributed by atoms with Gasteiger partial charge in [0.05, 0.1) is 0 Å². The number of hydrogen-bond acceptors (Lipinski definition) is 6. The first-order valence-corrected chi connectivity index (χ1v) is 27.5. The average molecular weight is 885 g/mol. The van der Waals surface area contributed by atoms with Crippen molar-refractivity contribution >= 4 is 17.9 Å². The van der Waals surface area contributed by atoms with E-state index in [-0.39, 0.29) is 31.1 Å². The number of rotatable bonds is 50. The highest BCUT2D eigenvalue weighted by Gasteiger charge is 2.19. The minimum Gasteiger partial charge on any atom is -0.462 e. The minimum atomic E-state index is -0.776. The van der Waals surface area contributed by atoms with Crippen LogP contribution in [-0.4, -0.2) is 37.2 Å². The molecule has 0 bridgehead atoms. The van der Waals surface area contributed by atoms with E-state index in [0.717, 1.165) is 83.5 Å². The van der Waals surface area contributed by atoms with E-state index in [0.29, 0.717) is 19.3 Å². The Morgan fingerprint density at radius 1 is 0.317 bits per heavy atom. The number of esters is 3. The third-order valence-electron chi connectivity index (χ3n) is 12.1. The molecule has 0 aliphatic heterocycles. The lowest BCUT2D eigenvalue weighted by molar-refractivity contribution is -0.167. The van der Waals surface area contributed by atoms with Crippen LogP contribution in [0.1, 0.15) is 290 Å². The van der Waals surface area contributed by atoms with Gasteiger partial charge in [0.25, 0.3) is 0 Å². The third kappa shape index (κ3) is 50.5. The van der Waals surface area contributed by atoms with Crippen molar-refractivity contribution in [3.63, 3.8) is 0 Å². The smallest absolute Gasteiger partial charge is 0.306 e. The number of hydrogen-bond donors (Lipinski definition) is 0. The monoisotopic (exact) mass is 885 g/mol. The molecule has 0 rings (SSSR count). The Hall–Kier alpha value is -2.37. The van der Waals surface area contributed by atoms with Crippen LogP contribution in [0.5, 0.6) is 0 Å². The van der Waals surface area contributed by atoms with Gasteiger partial charge in [-0.05, 0) is 70.6 Å². The molecule has 0 spiro atoms. The lowest BCUT2D eigenvalue weighted by Crippen LogP contribution is -2.30. The van der Waals surface area contributed by atoms with Crippen LogP contribution in [0, 0.1) is 0 Å². The normalized spacial score (nSPS) is 12.2. The fourth-order valence-corrected chi connectivity index (χ4v) is 7.93. The summed E-state index contributed by atoms with van der Waals surface area (Å²) in [4.78, 5) is 38.0. The number of allylic oxidation sites excluding steroid dienone is 6. The first-order chi connectivity index (χ1) is 31.0. The van der Waals surface area contributed by atoms with Gasteiger partial charge in [-0.1, -0.05) is 237 Å². The van der Waals surface area contributed by atoms with E-state index in [4.69, 9.17) is 14.2 Å². The van der Waals surface area contributed by atoms with Gasteiger partial charge in [0.2, 0.25) is 0 Å². The predicted molar refractivity (Wildman–Crippen MR) is 270 cm³/mol. The third-order valence-corrected chi connectivity index (χ3v) is 12.1. The molecule has 0 N–H and O–H groups in total. The highest BCUT2D eigenvalue weighted by Crippen LogP contribution is 2.16. The average Bonchev–Trinajstić information content (AvgIpc) is 3.28. The van der Waals surface area contributed by atoms with Crippen LogP contribution in [0.15, 0.2) is 36.5 Å². The van der Waals surface area contributed by atoms with E-state index in [1.165, 1.54) is 167 Å². The van der Waals surface area contributed by atoms with E-state index < -0.39 is 6.10 Å².